The van der Waals surface area contributed by atoms with Gasteiger partial charge >= 0.3 is 62.0 Å². The van der Waals surface area contributed by atoms with Gasteiger partial charge in [0.25, 0.3) is 0 Å². The Morgan fingerprint density at radius 2 is 2.33 bits per heavy atom. The molecule has 0 N–H and O–H groups in total. The molecule has 40 valence electrons. The molecule has 0 spiro atoms. The normalized spacial score (nSPS) is 9.11. The van der Waals surface area contributed by atoms with Crippen molar-refractivity contribution in [2.75, 3.05) is 0 Å². The molecule has 0 atom stereocenters. The second kappa shape index (κ2) is 2.81. The molecular formula is C6H4LiNO. The molecule has 9 heavy (non-hydrogen) atoms. The SMILES string of the molecule is [Li][C](=O)c1ccccn1. The van der Waals surface area contributed by atoms with E-state index in [0.29, 0.717) is 5.69 Å². The molecular weight excluding hydrogens is 109 g/mol. The van der Waals surface area contributed by atoms with Gasteiger partial charge in [-0.2, -0.15) is 0 Å². The minimum atomic E-state index is 0.00981. The van der Waals surface area contributed by atoms with Crippen LogP contribution in [0.25, 0.3) is 0 Å². The van der Waals surface area contributed by atoms with Crippen molar-refractivity contribution < 1.29 is 4.79 Å². The molecule has 0 amide bonds. The van der Waals surface area contributed by atoms with Gasteiger partial charge in [0.2, 0.25) is 0 Å². The Labute approximate surface area is 62.5 Å². The van der Waals surface area contributed by atoms with Gasteiger partial charge in [-0.15, -0.1) is 0 Å². The zero-order chi connectivity index (χ0) is 6.69. The van der Waals surface area contributed by atoms with Crippen LogP contribution in [0.1, 0.15) is 10.5 Å². The van der Waals surface area contributed by atoms with Gasteiger partial charge in [-0.25, -0.2) is 0 Å². The number of carbonyl (C=O) groups excluding carboxylic acids is 1. The third kappa shape index (κ3) is 1.67. The van der Waals surface area contributed by atoms with E-state index in [0.717, 1.165) is 0 Å². The molecule has 1 aromatic rings. The first-order valence-corrected chi connectivity index (χ1v) is 2.72. The van der Waals surface area contributed by atoms with Crippen LogP contribution in [0.5, 0.6) is 0 Å². The molecule has 0 radical (unpaired) electrons. The Morgan fingerprint density at radius 3 is 2.67 bits per heavy atom. The first-order chi connectivity index (χ1) is 4.30. The molecule has 1 aromatic heterocycles. The van der Waals surface area contributed by atoms with Crippen LogP contribution >= 0.6 is 0 Å². The Bertz CT molecular complexity index is 210. The fraction of sp³-hybridized carbons (Fsp3) is 0. The van der Waals surface area contributed by atoms with Crippen LogP contribution < -0.4 is 0 Å². The Morgan fingerprint density at radius 1 is 1.56 bits per heavy atom. The maximum atomic E-state index is 10.6. The number of rotatable bonds is 1. The summed E-state index contributed by atoms with van der Waals surface area (Å²) in [5.41, 5.74) is 0.525. The molecule has 0 saturated heterocycles. The van der Waals surface area contributed by atoms with Crippen molar-refractivity contribution in [2.24, 2.45) is 0 Å². The minimum absolute atomic E-state index is 0.00981. The van der Waals surface area contributed by atoms with Gasteiger partial charge in [0, 0.05) is 0 Å². The summed E-state index contributed by atoms with van der Waals surface area (Å²) in [5.74, 6) is 0. The molecule has 0 aliphatic rings. The van der Waals surface area contributed by atoms with Crippen LogP contribution in [0.2, 0.25) is 0 Å². The summed E-state index contributed by atoms with van der Waals surface area (Å²) in [7, 11) is 0. The molecule has 0 aliphatic carbocycles. The number of aromatic nitrogens is 1. The van der Waals surface area contributed by atoms with E-state index in [1.54, 1.807) is 24.4 Å². The Balaban J connectivity index is 2.98. The quantitative estimate of drug-likeness (QED) is 0.493. The maximum absolute atomic E-state index is 10.6. The van der Waals surface area contributed by atoms with Gasteiger partial charge in [0.05, 0.1) is 0 Å². The van der Waals surface area contributed by atoms with Gasteiger partial charge in [-0.1, -0.05) is 0 Å². The van der Waals surface area contributed by atoms with E-state index in [9.17, 15) is 4.79 Å². The monoisotopic (exact) mass is 113 g/mol. The van der Waals surface area contributed by atoms with E-state index in [-0.39, 0.29) is 4.46 Å². The molecule has 1 rings (SSSR count). The van der Waals surface area contributed by atoms with Crippen molar-refractivity contribution in [1.29, 1.82) is 0 Å². The number of hydrogen-bond acceptors (Lipinski definition) is 2. The van der Waals surface area contributed by atoms with Crippen LogP contribution in [0.15, 0.2) is 24.4 Å². The van der Waals surface area contributed by atoms with E-state index in [4.69, 9.17) is 0 Å². The standard InChI is InChI=1S/C6H4NO.Li/c8-5-6-3-1-2-4-7-6;/h1-4H;. The van der Waals surface area contributed by atoms with Gasteiger partial charge in [0.15, 0.2) is 0 Å². The second-order valence-corrected chi connectivity index (χ2v) is 1.77. The van der Waals surface area contributed by atoms with Crippen molar-refractivity contribution in [3.05, 3.63) is 30.1 Å². The average molecular weight is 113 g/mol. The fourth-order valence-electron chi connectivity index (χ4n) is 0.571. The van der Waals surface area contributed by atoms with Crippen LogP contribution in [0.4, 0.5) is 0 Å². The van der Waals surface area contributed by atoms with Crippen LogP contribution in [-0.4, -0.2) is 27.2 Å². The second-order valence-electron chi connectivity index (χ2n) is 1.77. The molecule has 0 saturated carbocycles. The van der Waals surface area contributed by atoms with Gasteiger partial charge in [-0.3, -0.25) is 0 Å². The summed E-state index contributed by atoms with van der Waals surface area (Å²) >= 11 is 1.50. The molecule has 3 heteroatoms. The van der Waals surface area contributed by atoms with Crippen LogP contribution in [-0.2, 0) is 0 Å². The molecule has 1 heterocycles. The number of carbonyl (C=O) groups is 1. The summed E-state index contributed by atoms with van der Waals surface area (Å²) < 4.78 is 0.00981. The van der Waals surface area contributed by atoms with Gasteiger partial charge in [0.1, 0.15) is 0 Å². The summed E-state index contributed by atoms with van der Waals surface area (Å²) in [6.07, 6.45) is 1.61. The zero-order valence-corrected chi connectivity index (χ0v) is 5.16. The van der Waals surface area contributed by atoms with E-state index in [2.05, 4.69) is 4.98 Å². The molecule has 0 unspecified atom stereocenters. The molecule has 2 nitrogen and oxygen atoms in total. The Kier molecular flexibility index (Phi) is 2.04. The predicted octanol–water partition coefficient (Wildman–Crippen LogP) is 0.390. The van der Waals surface area contributed by atoms with Crippen LogP contribution in [0, 0.1) is 0 Å². The predicted molar refractivity (Wildman–Crippen MR) is 34.3 cm³/mol. The summed E-state index contributed by atoms with van der Waals surface area (Å²) in [5, 5.41) is 0. The van der Waals surface area contributed by atoms with Gasteiger partial charge < -0.3 is 0 Å². The third-order valence-corrected chi connectivity index (χ3v) is 1.03. The van der Waals surface area contributed by atoms with Crippen LogP contribution in [0.3, 0.4) is 0 Å². The zero-order valence-electron chi connectivity index (χ0n) is 5.16. The molecule has 0 aromatic carbocycles. The fourth-order valence-corrected chi connectivity index (χ4v) is 0.571. The molecule has 0 fully saturated rings. The summed E-state index contributed by atoms with van der Waals surface area (Å²) in [6, 6.07) is 5.28. The van der Waals surface area contributed by atoms with Crippen molar-refractivity contribution in [1.82, 2.24) is 4.98 Å². The third-order valence-electron chi connectivity index (χ3n) is 1.03. The number of pyridine rings is 1. The average Bonchev–Trinajstić information content (AvgIpc) is 1.90. The molecule has 0 bridgehead atoms. The topological polar surface area (TPSA) is 30.0 Å². The molecule has 0 aliphatic heterocycles. The van der Waals surface area contributed by atoms with Crippen molar-refractivity contribution in [3.63, 3.8) is 0 Å². The number of nitrogens with zero attached hydrogens (tertiary/aromatic N) is 1. The summed E-state index contributed by atoms with van der Waals surface area (Å²) in [4.78, 5) is 14.4. The first kappa shape index (κ1) is 6.54. The van der Waals surface area contributed by atoms with E-state index >= 15 is 0 Å². The van der Waals surface area contributed by atoms with Crippen molar-refractivity contribution in [2.45, 2.75) is 0 Å². The van der Waals surface area contributed by atoms with Gasteiger partial charge in [-0.05, 0) is 0 Å². The van der Waals surface area contributed by atoms with E-state index in [1.165, 1.54) is 17.7 Å². The van der Waals surface area contributed by atoms with Crippen molar-refractivity contribution >= 4 is 22.2 Å². The number of hydrogen-bond donors (Lipinski definition) is 0. The van der Waals surface area contributed by atoms with E-state index < -0.39 is 0 Å². The Hall–Kier alpha value is -0.583. The summed E-state index contributed by atoms with van der Waals surface area (Å²) in [6.45, 7) is 0. The first-order valence-electron chi connectivity index (χ1n) is 2.72. The van der Waals surface area contributed by atoms with E-state index in [1.807, 2.05) is 0 Å². The van der Waals surface area contributed by atoms with Crippen molar-refractivity contribution in [3.8, 4) is 0 Å².